The maximum atomic E-state index is 12.4. The zero-order valence-electron chi connectivity index (χ0n) is 12.1. The summed E-state index contributed by atoms with van der Waals surface area (Å²) in [5.74, 6) is 0.0651. The third-order valence-electron chi connectivity index (χ3n) is 3.80. The molecule has 0 aliphatic carbocycles. The number of rotatable bonds is 4. The Kier molecular flexibility index (Phi) is 5.19. The molecule has 5 nitrogen and oxygen atoms in total. The van der Waals surface area contributed by atoms with Crippen LogP contribution in [0, 0.1) is 0 Å². The van der Waals surface area contributed by atoms with Crippen LogP contribution in [0.2, 0.25) is 0 Å². The van der Waals surface area contributed by atoms with Gasteiger partial charge in [-0.3, -0.25) is 9.69 Å². The number of hydrogen-bond acceptors (Lipinski definition) is 4. The zero-order valence-corrected chi connectivity index (χ0v) is 14.5. The molecular weight excluding hydrogens is 356 g/mol. The first-order valence-corrected chi connectivity index (χ1v) is 9.42. The fourth-order valence-electron chi connectivity index (χ4n) is 2.44. The maximum Gasteiger partial charge on any atom is 0.211 e. The van der Waals surface area contributed by atoms with E-state index < -0.39 is 10.0 Å². The van der Waals surface area contributed by atoms with E-state index in [1.165, 1.54) is 10.6 Å². The van der Waals surface area contributed by atoms with Gasteiger partial charge in [-0.05, 0) is 19.1 Å². The molecule has 0 bridgehead atoms. The molecule has 0 N–H and O–H groups in total. The fraction of sp³-hybridized carbons (Fsp3) is 0.500. The lowest BCUT2D eigenvalue weighted by atomic mass is 10.0. The minimum absolute atomic E-state index is 0.0651. The molecule has 1 heterocycles. The SMILES string of the molecule is CC(C(=O)c1ccc(Br)cc1)N1CCN(S(C)(=O)=O)CC1. The van der Waals surface area contributed by atoms with Gasteiger partial charge in [0.05, 0.1) is 12.3 Å². The topological polar surface area (TPSA) is 57.7 Å². The van der Waals surface area contributed by atoms with Gasteiger partial charge in [-0.25, -0.2) is 8.42 Å². The van der Waals surface area contributed by atoms with Crippen molar-refractivity contribution >= 4 is 31.7 Å². The molecule has 1 fully saturated rings. The van der Waals surface area contributed by atoms with Crippen LogP contribution in [0.15, 0.2) is 28.7 Å². The summed E-state index contributed by atoms with van der Waals surface area (Å²) < 4.78 is 25.4. The highest BCUT2D eigenvalue weighted by Gasteiger charge is 2.29. The van der Waals surface area contributed by atoms with Gasteiger partial charge in [0.25, 0.3) is 0 Å². The molecule has 0 amide bonds. The van der Waals surface area contributed by atoms with Gasteiger partial charge in [0, 0.05) is 36.2 Å². The number of carbonyl (C=O) groups excluding carboxylic acids is 1. The number of Topliss-reactive ketones (excluding diaryl/α,β-unsaturated/α-hetero) is 1. The average Bonchev–Trinajstić information content (AvgIpc) is 2.46. The third kappa shape index (κ3) is 4.12. The number of carbonyl (C=O) groups is 1. The van der Waals surface area contributed by atoms with E-state index in [9.17, 15) is 13.2 Å². The minimum Gasteiger partial charge on any atom is -0.292 e. The van der Waals surface area contributed by atoms with Crippen molar-refractivity contribution < 1.29 is 13.2 Å². The number of benzene rings is 1. The number of ketones is 1. The molecule has 1 aromatic carbocycles. The molecule has 0 spiro atoms. The molecule has 1 aromatic rings. The Morgan fingerprint density at radius 1 is 1.14 bits per heavy atom. The van der Waals surface area contributed by atoms with Gasteiger partial charge in [0.15, 0.2) is 5.78 Å². The van der Waals surface area contributed by atoms with Crippen LogP contribution in [0.4, 0.5) is 0 Å². The van der Waals surface area contributed by atoms with Gasteiger partial charge in [-0.2, -0.15) is 4.31 Å². The van der Waals surface area contributed by atoms with Gasteiger partial charge < -0.3 is 0 Å². The summed E-state index contributed by atoms with van der Waals surface area (Å²) in [5.41, 5.74) is 0.677. The van der Waals surface area contributed by atoms with Crippen LogP contribution in [-0.4, -0.2) is 61.9 Å². The van der Waals surface area contributed by atoms with Gasteiger partial charge in [-0.1, -0.05) is 28.1 Å². The quantitative estimate of drug-likeness (QED) is 0.751. The van der Waals surface area contributed by atoms with E-state index in [0.717, 1.165) is 4.47 Å². The minimum atomic E-state index is -3.14. The van der Waals surface area contributed by atoms with Crippen molar-refractivity contribution in [3.8, 4) is 0 Å². The summed E-state index contributed by atoms with van der Waals surface area (Å²) in [6, 6.07) is 7.06. The predicted molar refractivity (Wildman–Crippen MR) is 85.9 cm³/mol. The smallest absolute Gasteiger partial charge is 0.211 e. The average molecular weight is 375 g/mol. The fourth-order valence-corrected chi connectivity index (χ4v) is 3.53. The lowest BCUT2D eigenvalue weighted by molar-refractivity contribution is 0.0782. The highest BCUT2D eigenvalue weighted by atomic mass is 79.9. The molecule has 2 rings (SSSR count). The number of halogens is 1. The zero-order chi connectivity index (χ0) is 15.6. The van der Waals surface area contributed by atoms with Crippen LogP contribution in [0.1, 0.15) is 17.3 Å². The Morgan fingerprint density at radius 2 is 1.67 bits per heavy atom. The Labute approximate surface area is 134 Å². The second-order valence-corrected chi connectivity index (χ2v) is 8.14. The molecule has 0 radical (unpaired) electrons. The van der Waals surface area contributed by atoms with E-state index >= 15 is 0 Å². The number of hydrogen-bond donors (Lipinski definition) is 0. The van der Waals surface area contributed by atoms with Gasteiger partial charge in [-0.15, -0.1) is 0 Å². The van der Waals surface area contributed by atoms with Crippen molar-refractivity contribution in [3.05, 3.63) is 34.3 Å². The van der Waals surface area contributed by atoms with E-state index in [1.54, 1.807) is 12.1 Å². The van der Waals surface area contributed by atoms with Crippen LogP contribution in [0.3, 0.4) is 0 Å². The number of sulfonamides is 1. The van der Waals surface area contributed by atoms with Crippen LogP contribution in [0.5, 0.6) is 0 Å². The second kappa shape index (κ2) is 6.56. The summed E-state index contributed by atoms with van der Waals surface area (Å²) in [7, 11) is -3.14. The lowest BCUT2D eigenvalue weighted by Gasteiger charge is -2.36. The molecule has 1 aliphatic rings. The monoisotopic (exact) mass is 374 g/mol. The van der Waals surface area contributed by atoms with Crippen LogP contribution < -0.4 is 0 Å². The van der Waals surface area contributed by atoms with Gasteiger partial charge >= 0.3 is 0 Å². The van der Waals surface area contributed by atoms with E-state index in [0.29, 0.717) is 31.7 Å². The Morgan fingerprint density at radius 3 is 2.14 bits per heavy atom. The van der Waals surface area contributed by atoms with Crippen molar-refractivity contribution in [2.45, 2.75) is 13.0 Å². The molecule has 116 valence electrons. The number of nitrogens with zero attached hydrogens (tertiary/aromatic N) is 2. The van der Waals surface area contributed by atoms with E-state index in [-0.39, 0.29) is 11.8 Å². The van der Waals surface area contributed by atoms with Crippen molar-refractivity contribution in [2.75, 3.05) is 32.4 Å². The summed E-state index contributed by atoms with van der Waals surface area (Å²) in [5, 5.41) is 0. The molecule has 1 aliphatic heterocycles. The standard InChI is InChI=1S/C14H19BrN2O3S/c1-11(14(18)12-3-5-13(15)6-4-12)16-7-9-17(10-8-16)21(2,19)20/h3-6,11H,7-10H2,1-2H3. The summed E-state index contributed by atoms with van der Waals surface area (Å²) in [4.78, 5) is 14.5. The molecule has 1 atom stereocenters. The first kappa shape index (κ1) is 16.6. The third-order valence-corrected chi connectivity index (χ3v) is 5.63. The van der Waals surface area contributed by atoms with Crippen molar-refractivity contribution in [1.29, 1.82) is 0 Å². The van der Waals surface area contributed by atoms with Gasteiger partial charge in [0.2, 0.25) is 10.0 Å². The first-order chi connectivity index (χ1) is 9.79. The molecule has 7 heteroatoms. The largest absolute Gasteiger partial charge is 0.292 e. The molecule has 1 unspecified atom stereocenters. The second-order valence-electron chi connectivity index (χ2n) is 5.25. The molecular formula is C14H19BrN2O3S. The Balaban J connectivity index is 2.00. The predicted octanol–water partition coefficient (Wildman–Crippen LogP) is 1.60. The van der Waals surface area contributed by atoms with Crippen LogP contribution >= 0.6 is 15.9 Å². The van der Waals surface area contributed by atoms with Crippen molar-refractivity contribution in [3.63, 3.8) is 0 Å². The van der Waals surface area contributed by atoms with Crippen molar-refractivity contribution in [2.24, 2.45) is 0 Å². The molecule has 1 saturated heterocycles. The Hall–Kier alpha value is -0.760. The van der Waals surface area contributed by atoms with E-state index in [1.807, 2.05) is 24.0 Å². The highest BCUT2D eigenvalue weighted by molar-refractivity contribution is 9.10. The van der Waals surface area contributed by atoms with Crippen LogP contribution in [-0.2, 0) is 10.0 Å². The lowest BCUT2D eigenvalue weighted by Crippen LogP contribution is -2.52. The summed E-state index contributed by atoms with van der Waals surface area (Å²) >= 11 is 3.35. The Bertz CT molecular complexity index is 608. The van der Waals surface area contributed by atoms with Crippen LogP contribution in [0.25, 0.3) is 0 Å². The first-order valence-electron chi connectivity index (χ1n) is 6.78. The molecule has 0 aromatic heterocycles. The van der Waals surface area contributed by atoms with Gasteiger partial charge in [0.1, 0.15) is 0 Å². The number of piperazine rings is 1. The maximum absolute atomic E-state index is 12.4. The normalized spacial score (nSPS) is 19.4. The molecule has 0 saturated carbocycles. The summed E-state index contributed by atoms with van der Waals surface area (Å²) in [6.45, 7) is 3.92. The van der Waals surface area contributed by atoms with Crippen molar-refractivity contribution in [1.82, 2.24) is 9.21 Å². The summed E-state index contributed by atoms with van der Waals surface area (Å²) in [6.07, 6.45) is 1.22. The highest BCUT2D eigenvalue weighted by Crippen LogP contribution is 2.16. The molecule has 21 heavy (non-hydrogen) atoms. The van der Waals surface area contributed by atoms with E-state index in [2.05, 4.69) is 15.9 Å². The van der Waals surface area contributed by atoms with E-state index in [4.69, 9.17) is 0 Å².